The van der Waals surface area contributed by atoms with E-state index in [-0.39, 0.29) is 18.5 Å². The van der Waals surface area contributed by atoms with Crippen LogP contribution in [-0.2, 0) is 21.2 Å². The lowest BCUT2D eigenvalue weighted by molar-refractivity contribution is -0.130. The first-order valence-electron chi connectivity index (χ1n) is 7.09. The SMILES string of the molecule is CS(=O)(=O)NCC(=O)N1CCC[C@H]1CCc1ccncc1. The van der Waals surface area contributed by atoms with Crippen molar-refractivity contribution in [2.75, 3.05) is 19.3 Å². The van der Waals surface area contributed by atoms with Crippen LogP contribution in [0.1, 0.15) is 24.8 Å². The quantitative estimate of drug-likeness (QED) is 0.832. The smallest absolute Gasteiger partial charge is 0.237 e. The Balaban J connectivity index is 1.86. The van der Waals surface area contributed by atoms with Gasteiger partial charge in [0.05, 0.1) is 12.8 Å². The molecule has 2 rings (SSSR count). The Morgan fingerprint density at radius 3 is 2.81 bits per heavy atom. The van der Waals surface area contributed by atoms with Crippen molar-refractivity contribution in [3.8, 4) is 0 Å². The zero-order chi connectivity index (χ0) is 15.3. The molecule has 0 aliphatic carbocycles. The lowest BCUT2D eigenvalue weighted by Gasteiger charge is -2.24. The molecule has 0 radical (unpaired) electrons. The third-order valence-corrected chi connectivity index (χ3v) is 4.37. The summed E-state index contributed by atoms with van der Waals surface area (Å²) in [4.78, 5) is 17.9. The van der Waals surface area contributed by atoms with Gasteiger partial charge in [-0.05, 0) is 43.4 Å². The zero-order valence-corrected chi connectivity index (χ0v) is 13.0. The molecule has 1 atom stereocenters. The van der Waals surface area contributed by atoms with Crippen molar-refractivity contribution in [2.24, 2.45) is 0 Å². The van der Waals surface area contributed by atoms with Crippen LogP contribution in [0.5, 0.6) is 0 Å². The molecule has 1 aromatic heterocycles. The van der Waals surface area contributed by atoms with E-state index in [0.717, 1.165) is 31.9 Å². The second kappa shape index (κ2) is 7.00. The average molecular weight is 311 g/mol. The van der Waals surface area contributed by atoms with E-state index in [1.165, 1.54) is 5.56 Å². The molecule has 1 N–H and O–H groups in total. The second-order valence-electron chi connectivity index (χ2n) is 5.37. The fraction of sp³-hybridized carbons (Fsp3) is 0.571. The van der Waals surface area contributed by atoms with Crippen LogP contribution in [0.3, 0.4) is 0 Å². The summed E-state index contributed by atoms with van der Waals surface area (Å²) in [5.41, 5.74) is 1.21. The second-order valence-corrected chi connectivity index (χ2v) is 7.20. The van der Waals surface area contributed by atoms with Gasteiger partial charge in [0, 0.05) is 25.0 Å². The average Bonchev–Trinajstić information content (AvgIpc) is 2.91. The van der Waals surface area contributed by atoms with Crippen LogP contribution in [0.25, 0.3) is 0 Å². The highest BCUT2D eigenvalue weighted by atomic mass is 32.2. The van der Waals surface area contributed by atoms with Crippen LogP contribution in [0.2, 0.25) is 0 Å². The summed E-state index contributed by atoms with van der Waals surface area (Å²) in [6, 6.07) is 4.16. The largest absolute Gasteiger partial charge is 0.339 e. The van der Waals surface area contributed by atoms with E-state index in [1.807, 2.05) is 12.1 Å². The van der Waals surface area contributed by atoms with E-state index in [0.29, 0.717) is 6.54 Å². The number of pyridine rings is 1. The summed E-state index contributed by atoms with van der Waals surface area (Å²) in [5, 5.41) is 0. The first-order valence-corrected chi connectivity index (χ1v) is 8.98. The van der Waals surface area contributed by atoms with Crippen molar-refractivity contribution in [1.82, 2.24) is 14.6 Å². The number of carbonyl (C=O) groups excluding carboxylic acids is 1. The van der Waals surface area contributed by atoms with Gasteiger partial charge in [-0.3, -0.25) is 9.78 Å². The Kier molecular flexibility index (Phi) is 5.30. The number of aromatic nitrogens is 1. The lowest BCUT2D eigenvalue weighted by Crippen LogP contribution is -2.42. The van der Waals surface area contributed by atoms with E-state index < -0.39 is 10.0 Å². The third-order valence-electron chi connectivity index (χ3n) is 3.70. The van der Waals surface area contributed by atoms with Crippen LogP contribution >= 0.6 is 0 Å². The molecule has 1 saturated heterocycles. The van der Waals surface area contributed by atoms with Gasteiger partial charge >= 0.3 is 0 Å². The van der Waals surface area contributed by atoms with Crippen molar-refractivity contribution < 1.29 is 13.2 Å². The minimum Gasteiger partial charge on any atom is -0.339 e. The van der Waals surface area contributed by atoms with Crippen molar-refractivity contribution in [3.63, 3.8) is 0 Å². The Morgan fingerprint density at radius 1 is 1.43 bits per heavy atom. The summed E-state index contributed by atoms with van der Waals surface area (Å²) in [6.45, 7) is 0.565. The molecule has 0 saturated carbocycles. The molecule has 1 fully saturated rings. The molecule has 0 unspecified atom stereocenters. The molecular weight excluding hydrogens is 290 g/mol. The predicted molar refractivity (Wildman–Crippen MR) is 80.1 cm³/mol. The summed E-state index contributed by atoms with van der Waals surface area (Å²) in [5.74, 6) is -0.141. The van der Waals surface area contributed by atoms with Crippen LogP contribution < -0.4 is 4.72 Å². The first kappa shape index (κ1) is 15.9. The van der Waals surface area contributed by atoms with Crippen LogP contribution in [0.4, 0.5) is 0 Å². The molecule has 7 heteroatoms. The monoisotopic (exact) mass is 311 g/mol. The Labute approximate surface area is 125 Å². The predicted octanol–water partition coefficient (Wildman–Crippen LogP) is 0.554. The molecular formula is C14H21N3O3S. The van der Waals surface area contributed by atoms with Crippen LogP contribution in [0.15, 0.2) is 24.5 Å². The maximum atomic E-state index is 12.1. The molecule has 21 heavy (non-hydrogen) atoms. The van der Waals surface area contributed by atoms with Gasteiger partial charge in [-0.2, -0.15) is 0 Å². The maximum Gasteiger partial charge on any atom is 0.237 e. The molecule has 0 bridgehead atoms. The summed E-state index contributed by atoms with van der Waals surface area (Å²) >= 11 is 0. The first-order chi connectivity index (χ1) is 9.96. The van der Waals surface area contributed by atoms with E-state index >= 15 is 0 Å². The normalized spacial score (nSPS) is 18.9. The number of rotatable bonds is 6. The Hall–Kier alpha value is -1.47. The Morgan fingerprint density at radius 2 is 2.14 bits per heavy atom. The summed E-state index contributed by atoms with van der Waals surface area (Å²) < 4.78 is 24.4. The highest BCUT2D eigenvalue weighted by molar-refractivity contribution is 7.88. The van der Waals surface area contributed by atoms with Gasteiger partial charge in [0.15, 0.2) is 0 Å². The number of hydrogen-bond acceptors (Lipinski definition) is 4. The standard InChI is InChI=1S/C14H21N3O3S/c1-21(19,20)16-11-14(18)17-10-2-3-13(17)5-4-12-6-8-15-9-7-12/h6-9,13,16H,2-5,10-11H2,1H3/t13-/m0/s1. The molecule has 2 heterocycles. The van der Waals surface area contributed by atoms with Crippen LogP contribution in [-0.4, -0.2) is 49.6 Å². The number of likely N-dealkylation sites (tertiary alicyclic amines) is 1. The van der Waals surface area contributed by atoms with E-state index in [4.69, 9.17) is 0 Å². The molecule has 0 aromatic carbocycles. The van der Waals surface area contributed by atoms with E-state index in [1.54, 1.807) is 17.3 Å². The number of nitrogens with zero attached hydrogens (tertiary/aromatic N) is 2. The van der Waals surface area contributed by atoms with Gasteiger partial charge in [0.25, 0.3) is 0 Å². The highest BCUT2D eigenvalue weighted by Gasteiger charge is 2.28. The molecule has 116 valence electrons. The van der Waals surface area contributed by atoms with E-state index in [2.05, 4.69) is 9.71 Å². The number of carbonyl (C=O) groups is 1. The minimum absolute atomic E-state index is 0.141. The number of nitrogens with one attached hydrogen (secondary N) is 1. The molecule has 1 aliphatic rings. The van der Waals surface area contributed by atoms with Crippen molar-refractivity contribution in [1.29, 1.82) is 0 Å². The number of hydrogen-bond donors (Lipinski definition) is 1. The van der Waals surface area contributed by atoms with Gasteiger partial charge in [0.1, 0.15) is 0 Å². The molecule has 6 nitrogen and oxygen atoms in total. The number of amides is 1. The fourth-order valence-corrected chi connectivity index (χ4v) is 3.03. The van der Waals surface area contributed by atoms with Crippen molar-refractivity contribution >= 4 is 15.9 Å². The van der Waals surface area contributed by atoms with Crippen molar-refractivity contribution in [3.05, 3.63) is 30.1 Å². The van der Waals surface area contributed by atoms with Crippen molar-refractivity contribution in [2.45, 2.75) is 31.7 Å². The molecule has 1 aromatic rings. The zero-order valence-electron chi connectivity index (χ0n) is 12.2. The van der Waals surface area contributed by atoms with Gasteiger partial charge in [-0.25, -0.2) is 13.1 Å². The lowest BCUT2D eigenvalue weighted by atomic mass is 10.0. The minimum atomic E-state index is -3.33. The van der Waals surface area contributed by atoms with Gasteiger partial charge in [-0.1, -0.05) is 0 Å². The summed E-state index contributed by atoms with van der Waals surface area (Å²) in [7, 11) is -3.33. The van der Waals surface area contributed by atoms with Gasteiger partial charge in [0.2, 0.25) is 15.9 Å². The molecule has 1 amide bonds. The third kappa shape index (κ3) is 5.09. The van der Waals surface area contributed by atoms with Gasteiger partial charge in [-0.15, -0.1) is 0 Å². The number of sulfonamides is 1. The Bertz CT molecular complexity index is 574. The van der Waals surface area contributed by atoms with Crippen LogP contribution in [0, 0.1) is 0 Å². The molecule has 0 spiro atoms. The highest BCUT2D eigenvalue weighted by Crippen LogP contribution is 2.21. The fourth-order valence-electron chi connectivity index (χ4n) is 2.64. The van der Waals surface area contributed by atoms with Gasteiger partial charge < -0.3 is 4.90 Å². The topological polar surface area (TPSA) is 79.4 Å². The number of aryl methyl sites for hydroxylation is 1. The summed E-state index contributed by atoms with van der Waals surface area (Å²) in [6.07, 6.45) is 8.35. The van der Waals surface area contributed by atoms with E-state index in [9.17, 15) is 13.2 Å². The molecule has 1 aliphatic heterocycles. The maximum absolute atomic E-state index is 12.1.